The molecule has 5 rings (SSSR count). The van der Waals surface area contributed by atoms with E-state index in [1.807, 2.05) is 78.9 Å². The third-order valence-corrected chi connectivity index (χ3v) is 5.60. The number of hydrogen-bond donors (Lipinski definition) is 3. The van der Waals surface area contributed by atoms with Gasteiger partial charge in [0.05, 0.1) is 23.5 Å². The molecule has 0 aliphatic heterocycles. The molecule has 0 fully saturated rings. The lowest BCUT2D eigenvalue weighted by Gasteiger charge is -2.19. The largest absolute Gasteiger partial charge is 0.390 e. The van der Waals surface area contributed by atoms with E-state index in [1.165, 1.54) is 0 Å². The molecule has 0 radical (unpaired) electrons. The molecule has 2 atom stereocenters. The molecule has 0 spiro atoms. The number of carbonyl (C=O) groups excluding carboxylic acids is 1. The van der Waals surface area contributed by atoms with Crippen molar-refractivity contribution in [2.45, 2.75) is 18.6 Å². The van der Waals surface area contributed by atoms with Gasteiger partial charge in [0, 0.05) is 23.1 Å². The molecule has 5 nitrogen and oxygen atoms in total. The first-order valence-corrected chi connectivity index (χ1v) is 9.97. The fourth-order valence-electron chi connectivity index (χ4n) is 4.10. The van der Waals surface area contributed by atoms with Crippen LogP contribution in [0.25, 0.3) is 22.5 Å². The third-order valence-electron chi connectivity index (χ3n) is 5.60. The van der Waals surface area contributed by atoms with Crippen LogP contribution in [0.1, 0.15) is 27.5 Å². The minimum Gasteiger partial charge on any atom is -0.390 e. The highest BCUT2D eigenvalue weighted by molar-refractivity contribution is 6.01. The number of hydrogen-bond acceptors (Lipinski definition) is 3. The molecule has 3 N–H and O–H groups in total. The van der Waals surface area contributed by atoms with Crippen molar-refractivity contribution >= 4 is 5.91 Å². The van der Waals surface area contributed by atoms with Crippen LogP contribution in [0.2, 0.25) is 0 Å². The van der Waals surface area contributed by atoms with Crippen molar-refractivity contribution in [1.29, 1.82) is 0 Å². The summed E-state index contributed by atoms with van der Waals surface area (Å²) in [6.07, 6.45) is -0.0839. The highest BCUT2D eigenvalue weighted by atomic mass is 16.3. The fourth-order valence-corrected chi connectivity index (χ4v) is 4.10. The number of aromatic nitrogens is 2. The van der Waals surface area contributed by atoms with Gasteiger partial charge in [-0.3, -0.25) is 9.89 Å². The van der Waals surface area contributed by atoms with E-state index in [1.54, 1.807) is 6.07 Å². The number of nitrogens with zero attached hydrogens (tertiary/aromatic N) is 1. The number of aromatic amines is 1. The molecule has 1 aromatic heterocycles. The van der Waals surface area contributed by atoms with E-state index in [0.29, 0.717) is 12.0 Å². The molecule has 4 aromatic rings. The van der Waals surface area contributed by atoms with E-state index in [0.717, 1.165) is 33.6 Å². The zero-order valence-electron chi connectivity index (χ0n) is 16.2. The van der Waals surface area contributed by atoms with E-state index in [2.05, 4.69) is 15.5 Å². The lowest BCUT2D eigenvalue weighted by molar-refractivity contribution is 0.0859. The van der Waals surface area contributed by atoms with Gasteiger partial charge in [0.15, 0.2) is 0 Å². The molecular weight excluding hydrogens is 374 g/mol. The van der Waals surface area contributed by atoms with Gasteiger partial charge in [0.2, 0.25) is 0 Å². The highest BCUT2D eigenvalue weighted by Crippen LogP contribution is 2.32. The number of carbonyl (C=O) groups is 1. The summed E-state index contributed by atoms with van der Waals surface area (Å²) in [7, 11) is 0. The average molecular weight is 395 g/mol. The average Bonchev–Trinajstić information content (AvgIpc) is 3.40. The maximum absolute atomic E-state index is 13.2. The summed E-state index contributed by atoms with van der Waals surface area (Å²) < 4.78 is 0. The first-order chi connectivity index (χ1) is 14.7. The molecule has 1 aliphatic carbocycles. The summed E-state index contributed by atoms with van der Waals surface area (Å²) in [6, 6.07) is 26.7. The van der Waals surface area contributed by atoms with Gasteiger partial charge in [-0.05, 0) is 23.3 Å². The first-order valence-electron chi connectivity index (χ1n) is 9.97. The number of aliphatic hydroxyl groups is 1. The van der Waals surface area contributed by atoms with Crippen LogP contribution in [0, 0.1) is 0 Å². The second-order valence-corrected chi connectivity index (χ2v) is 7.50. The molecule has 5 heteroatoms. The Bertz CT molecular complexity index is 1200. The van der Waals surface area contributed by atoms with Crippen molar-refractivity contribution in [2.75, 3.05) is 0 Å². The lowest BCUT2D eigenvalue weighted by Crippen LogP contribution is -2.34. The van der Waals surface area contributed by atoms with E-state index in [-0.39, 0.29) is 5.91 Å². The number of rotatable bonds is 4. The van der Waals surface area contributed by atoms with Gasteiger partial charge in [-0.2, -0.15) is 5.10 Å². The number of benzene rings is 3. The van der Waals surface area contributed by atoms with Gasteiger partial charge >= 0.3 is 0 Å². The zero-order valence-corrected chi connectivity index (χ0v) is 16.2. The van der Waals surface area contributed by atoms with Crippen molar-refractivity contribution in [3.63, 3.8) is 0 Å². The Morgan fingerprint density at radius 1 is 0.967 bits per heavy atom. The fraction of sp³-hybridized carbons (Fsp3) is 0.120. The standard InChI is InChI=1S/C25H21N3O2/c29-23-14-17-10-4-5-11-18(17)24(23)26-25(30)20-13-7-6-12-19(20)22-15-21(27-28-22)16-8-2-1-3-9-16/h1-13,15,23-24,29H,14H2,(H,26,30)(H,27,28)/t23-,24-/m1/s1. The molecule has 0 saturated carbocycles. The zero-order chi connectivity index (χ0) is 20.5. The first kappa shape index (κ1) is 18.3. The number of aliphatic hydroxyl groups excluding tert-OH is 1. The second kappa shape index (κ2) is 7.61. The summed E-state index contributed by atoms with van der Waals surface area (Å²) in [4.78, 5) is 13.2. The normalized spacial score (nSPS) is 17.5. The van der Waals surface area contributed by atoms with E-state index < -0.39 is 12.1 Å². The summed E-state index contributed by atoms with van der Waals surface area (Å²) in [5.41, 5.74) is 5.96. The van der Waals surface area contributed by atoms with Crippen LogP contribution in [-0.2, 0) is 6.42 Å². The van der Waals surface area contributed by atoms with Crippen LogP contribution >= 0.6 is 0 Å². The van der Waals surface area contributed by atoms with Gasteiger partial charge in [-0.25, -0.2) is 0 Å². The Hall–Kier alpha value is -3.70. The van der Waals surface area contributed by atoms with Crippen LogP contribution in [0.3, 0.4) is 0 Å². The van der Waals surface area contributed by atoms with Gasteiger partial charge < -0.3 is 10.4 Å². The van der Waals surface area contributed by atoms with Crippen molar-refractivity contribution in [3.05, 3.63) is 102 Å². The van der Waals surface area contributed by atoms with Gasteiger partial charge in [-0.1, -0.05) is 72.8 Å². The molecule has 0 bridgehead atoms. The monoisotopic (exact) mass is 395 g/mol. The number of amides is 1. The van der Waals surface area contributed by atoms with Gasteiger partial charge in [0.25, 0.3) is 5.91 Å². The van der Waals surface area contributed by atoms with Crippen LogP contribution < -0.4 is 5.32 Å². The Balaban J connectivity index is 1.45. The molecule has 0 unspecified atom stereocenters. The number of H-pyrrole nitrogens is 1. The Morgan fingerprint density at radius 3 is 2.57 bits per heavy atom. The van der Waals surface area contributed by atoms with Gasteiger partial charge in [0.1, 0.15) is 0 Å². The summed E-state index contributed by atoms with van der Waals surface area (Å²) in [6.45, 7) is 0. The molecule has 1 heterocycles. The van der Waals surface area contributed by atoms with E-state index in [4.69, 9.17) is 0 Å². The third kappa shape index (κ3) is 3.29. The minimum atomic E-state index is -0.629. The summed E-state index contributed by atoms with van der Waals surface area (Å²) in [5, 5.41) is 21.0. The van der Waals surface area contributed by atoms with E-state index in [9.17, 15) is 9.90 Å². The SMILES string of the molecule is O=C(N[C@@H]1c2ccccc2C[C@H]1O)c1ccccc1-c1cc(-c2ccccc2)n[nH]1. The van der Waals surface area contributed by atoms with Crippen molar-refractivity contribution in [2.24, 2.45) is 0 Å². The molecule has 1 amide bonds. The lowest BCUT2D eigenvalue weighted by atomic mass is 10.0. The Labute approximate surface area is 174 Å². The molecule has 30 heavy (non-hydrogen) atoms. The van der Waals surface area contributed by atoms with Crippen LogP contribution in [0.4, 0.5) is 0 Å². The molecular formula is C25H21N3O2. The predicted molar refractivity (Wildman–Crippen MR) is 116 cm³/mol. The van der Waals surface area contributed by atoms with Crippen LogP contribution in [-0.4, -0.2) is 27.3 Å². The Kier molecular flexibility index (Phi) is 4.65. The molecule has 3 aromatic carbocycles. The molecule has 0 saturated heterocycles. The predicted octanol–water partition coefficient (Wildman–Crippen LogP) is 4.13. The molecule has 1 aliphatic rings. The topological polar surface area (TPSA) is 78.0 Å². The minimum absolute atomic E-state index is 0.220. The maximum atomic E-state index is 13.2. The summed E-state index contributed by atoms with van der Waals surface area (Å²) in [5.74, 6) is -0.220. The Morgan fingerprint density at radius 2 is 1.70 bits per heavy atom. The van der Waals surface area contributed by atoms with Gasteiger partial charge in [-0.15, -0.1) is 0 Å². The summed E-state index contributed by atoms with van der Waals surface area (Å²) >= 11 is 0. The molecule has 148 valence electrons. The highest BCUT2D eigenvalue weighted by Gasteiger charge is 2.32. The van der Waals surface area contributed by atoms with Crippen LogP contribution in [0.15, 0.2) is 84.9 Å². The smallest absolute Gasteiger partial charge is 0.252 e. The number of fused-ring (bicyclic) bond motifs is 1. The quantitative estimate of drug-likeness (QED) is 0.486. The maximum Gasteiger partial charge on any atom is 0.252 e. The van der Waals surface area contributed by atoms with Crippen LogP contribution in [0.5, 0.6) is 0 Å². The second-order valence-electron chi connectivity index (χ2n) is 7.50. The van der Waals surface area contributed by atoms with Crippen molar-refractivity contribution in [3.8, 4) is 22.5 Å². The van der Waals surface area contributed by atoms with E-state index >= 15 is 0 Å². The van der Waals surface area contributed by atoms with Crippen molar-refractivity contribution in [1.82, 2.24) is 15.5 Å². The number of nitrogens with one attached hydrogen (secondary N) is 2. The van der Waals surface area contributed by atoms with Crippen molar-refractivity contribution < 1.29 is 9.90 Å².